The molecule has 4 N–H and O–H groups in total. The normalized spacial score (nSPS) is 11.8. The number of carbonyl (C=O) groups is 1. The van der Waals surface area contributed by atoms with Gasteiger partial charge in [-0.05, 0) is 12.8 Å². The number of rotatable bonds is 33. The van der Waals surface area contributed by atoms with Crippen molar-refractivity contribution in [3.05, 3.63) is 0 Å². The predicted octanol–water partition coefficient (Wildman–Crippen LogP) is 10.8. The van der Waals surface area contributed by atoms with E-state index in [-0.39, 0.29) is 12.1 Å². The van der Waals surface area contributed by atoms with Gasteiger partial charge in [0.25, 0.3) is 0 Å². The van der Waals surface area contributed by atoms with E-state index in [4.69, 9.17) is 15.0 Å². The number of carbonyl (C=O) groups excluding carboxylic acids is 1. The standard InChI is InChI=1S/C33H68NO5P/c35-33(34-36)31-29-27-25-23-21-19-17-15-13-11-9-7-5-3-1-2-4-6-8-10-12-14-16-18-20-22-24-26-28-30-32-40(37,38)39/h36H,1-32H2,(H,34,35)(H2,37,38,39). The second kappa shape index (κ2) is 31.5. The summed E-state index contributed by atoms with van der Waals surface area (Å²) in [7, 11) is -3.78. The van der Waals surface area contributed by atoms with Crippen LogP contribution in [0.5, 0.6) is 0 Å². The van der Waals surface area contributed by atoms with Crippen molar-refractivity contribution in [1.29, 1.82) is 0 Å². The zero-order chi connectivity index (χ0) is 29.4. The van der Waals surface area contributed by atoms with Crippen LogP contribution in [0.15, 0.2) is 0 Å². The fourth-order valence-corrected chi connectivity index (χ4v) is 6.24. The van der Waals surface area contributed by atoms with Gasteiger partial charge in [0.2, 0.25) is 5.91 Å². The molecule has 0 spiro atoms. The molecule has 6 nitrogen and oxygen atoms in total. The minimum Gasteiger partial charge on any atom is -0.324 e. The Balaban J connectivity index is 3.07. The van der Waals surface area contributed by atoms with Crippen molar-refractivity contribution >= 4 is 13.5 Å². The molecule has 0 fully saturated rings. The van der Waals surface area contributed by atoms with Crippen LogP contribution in [-0.4, -0.2) is 27.1 Å². The molecule has 0 aromatic heterocycles. The highest BCUT2D eigenvalue weighted by Gasteiger charge is 2.10. The van der Waals surface area contributed by atoms with E-state index in [1.165, 1.54) is 161 Å². The molecule has 1 amide bonds. The summed E-state index contributed by atoms with van der Waals surface area (Å²) in [6, 6.07) is 0. The van der Waals surface area contributed by atoms with Crippen LogP contribution in [-0.2, 0) is 9.36 Å². The maximum atomic E-state index is 10.9. The largest absolute Gasteiger partial charge is 0.325 e. The quantitative estimate of drug-likeness (QED) is 0.0264. The smallest absolute Gasteiger partial charge is 0.324 e. The number of hydrogen-bond acceptors (Lipinski definition) is 3. The van der Waals surface area contributed by atoms with Crippen LogP contribution in [0, 0.1) is 0 Å². The van der Waals surface area contributed by atoms with Gasteiger partial charge in [0.05, 0.1) is 0 Å². The van der Waals surface area contributed by atoms with E-state index in [1.54, 1.807) is 5.48 Å². The minimum atomic E-state index is -3.78. The van der Waals surface area contributed by atoms with Gasteiger partial charge in [-0.3, -0.25) is 14.6 Å². The third-order valence-corrected chi connectivity index (χ3v) is 9.13. The molecular formula is C33H68NO5P. The molecule has 0 rings (SSSR count). The summed E-state index contributed by atoms with van der Waals surface area (Å²) in [4.78, 5) is 28.6. The first kappa shape index (κ1) is 39.6. The first-order chi connectivity index (χ1) is 19.5. The molecule has 0 aromatic rings. The molecule has 0 unspecified atom stereocenters. The summed E-state index contributed by atoms with van der Waals surface area (Å²) >= 11 is 0. The minimum absolute atomic E-state index is 0.0531. The molecule has 0 aliphatic carbocycles. The van der Waals surface area contributed by atoms with Crippen molar-refractivity contribution in [1.82, 2.24) is 5.48 Å². The Labute approximate surface area is 248 Å². The van der Waals surface area contributed by atoms with Crippen molar-refractivity contribution in [3.8, 4) is 0 Å². The van der Waals surface area contributed by atoms with Crippen LogP contribution < -0.4 is 5.48 Å². The third kappa shape index (κ3) is 35.6. The van der Waals surface area contributed by atoms with E-state index in [0.717, 1.165) is 25.7 Å². The molecule has 0 aromatic carbocycles. The van der Waals surface area contributed by atoms with E-state index in [9.17, 15) is 9.36 Å². The number of nitrogens with one attached hydrogen (secondary N) is 1. The highest BCUT2D eigenvalue weighted by atomic mass is 31.2. The van der Waals surface area contributed by atoms with Crippen molar-refractivity contribution < 1.29 is 24.4 Å². The fraction of sp³-hybridized carbons (Fsp3) is 0.970. The molecule has 240 valence electrons. The fourth-order valence-electron chi connectivity index (χ4n) is 5.61. The lowest BCUT2D eigenvalue weighted by atomic mass is 10.0. The molecule has 0 radical (unpaired) electrons. The van der Waals surface area contributed by atoms with Crippen LogP contribution >= 0.6 is 7.60 Å². The van der Waals surface area contributed by atoms with Crippen molar-refractivity contribution in [2.45, 2.75) is 199 Å². The molecule has 0 heterocycles. The first-order valence-electron chi connectivity index (χ1n) is 17.4. The Morgan fingerprint density at radius 3 is 0.800 bits per heavy atom. The maximum Gasteiger partial charge on any atom is 0.325 e. The lowest BCUT2D eigenvalue weighted by Crippen LogP contribution is -2.17. The van der Waals surface area contributed by atoms with E-state index in [2.05, 4.69) is 0 Å². The maximum absolute atomic E-state index is 10.9. The van der Waals surface area contributed by atoms with Gasteiger partial charge in [-0.2, -0.15) is 0 Å². The molecule has 0 aliphatic heterocycles. The summed E-state index contributed by atoms with van der Waals surface area (Å²) < 4.78 is 10.8. The zero-order valence-electron chi connectivity index (χ0n) is 26.2. The number of amides is 1. The zero-order valence-corrected chi connectivity index (χ0v) is 27.1. The second-order valence-corrected chi connectivity index (χ2v) is 14.1. The predicted molar refractivity (Wildman–Crippen MR) is 170 cm³/mol. The third-order valence-electron chi connectivity index (χ3n) is 8.23. The lowest BCUT2D eigenvalue weighted by Gasteiger charge is -2.05. The van der Waals surface area contributed by atoms with Gasteiger partial charge in [0, 0.05) is 12.6 Å². The van der Waals surface area contributed by atoms with Crippen LogP contribution in [0.2, 0.25) is 0 Å². The van der Waals surface area contributed by atoms with Gasteiger partial charge in [0.15, 0.2) is 0 Å². The number of hydrogen-bond donors (Lipinski definition) is 4. The van der Waals surface area contributed by atoms with Crippen LogP contribution in [0.4, 0.5) is 0 Å². The van der Waals surface area contributed by atoms with Gasteiger partial charge >= 0.3 is 7.60 Å². The van der Waals surface area contributed by atoms with Gasteiger partial charge in [-0.25, -0.2) is 5.48 Å². The van der Waals surface area contributed by atoms with Gasteiger partial charge in [-0.15, -0.1) is 0 Å². The Morgan fingerprint density at radius 2 is 0.600 bits per heavy atom. The SMILES string of the molecule is O=C(CCCCCCCCCCCCCCCCCCCCCCCCCCCCCCCCP(=O)(O)O)NO. The Kier molecular flexibility index (Phi) is 31.2. The molecule has 0 aliphatic rings. The average Bonchev–Trinajstić information content (AvgIpc) is 2.92. The number of hydroxylamine groups is 1. The van der Waals surface area contributed by atoms with E-state index >= 15 is 0 Å². The molecule has 0 saturated heterocycles. The van der Waals surface area contributed by atoms with E-state index < -0.39 is 7.60 Å². The van der Waals surface area contributed by atoms with Crippen LogP contribution in [0.25, 0.3) is 0 Å². The van der Waals surface area contributed by atoms with Crippen molar-refractivity contribution in [2.75, 3.05) is 6.16 Å². The average molecular weight is 590 g/mol. The molecule has 0 atom stereocenters. The number of unbranched alkanes of at least 4 members (excludes halogenated alkanes) is 29. The summed E-state index contributed by atoms with van der Waals surface area (Å²) in [6.07, 6.45) is 39.5. The molecular weight excluding hydrogens is 521 g/mol. The lowest BCUT2D eigenvalue weighted by molar-refractivity contribution is -0.129. The summed E-state index contributed by atoms with van der Waals surface area (Å²) in [5.41, 5.74) is 1.69. The molecule has 0 bridgehead atoms. The Morgan fingerprint density at radius 1 is 0.400 bits per heavy atom. The monoisotopic (exact) mass is 589 g/mol. The summed E-state index contributed by atoms with van der Waals surface area (Å²) in [6.45, 7) is 0. The van der Waals surface area contributed by atoms with Crippen molar-refractivity contribution in [3.63, 3.8) is 0 Å². The molecule has 0 saturated carbocycles. The highest BCUT2D eigenvalue weighted by molar-refractivity contribution is 7.51. The Hall–Kier alpha value is -0.420. The van der Waals surface area contributed by atoms with Crippen LogP contribution in [0.1, 0.15) is 199 Å². The van der Waals surface area contributed by atoms with Gasteiger partial charge in [0.1, 0.15) is 0 Å². The summed E-state index contributed by atoms with van der Waals surface area (Å²) in [5.74, 6) is -0.265. The van der Waals surface area contributed by atoms with Crippen molar-refractivity contribution in [2.24, 2.45) is 0 Å². The van der Waals surface area contributed by atoms with E-state index in [0.29, 0.717) is 12.8 Å². The summed E-state index contributed by atoms with van der Waals surface area (Å²) in [5, 5.41) is 8.45. The highest BCUT2D eigenvalue weighted by Crippen LogP contribution is 2.35. The van der Waals surface area contributed by atoms with Gasteiger partial charge in [-0.1, -0.05) is 180 Å². The molecule has 7 heteroatoms. The first-order valence-corrected chi connectivity index (χ1v) is 19.2. The van der Waals surface area contributed by atoms with E-state index in [1.807, 2.05) is 0 Å². The van der Waals surface area contributed by atoms with Gasteiger partial charge < -0.3 is 9.79 Å². The topological polar surface area (TPSA) is 107 Å². The van der Waals surface area contributed by atoms with Crippen LogP contribution in [0.3, 0.4) is 0 Å². The molecule has 40 heavy (non-hydrogen) atoms. The Bertz CT molecular complexity index is 569. The second-order valence-electron chi connectivity index (χ2n) is 12.3.